The van der Waals surface area contributed by atoms with Crippen LogP contribution in [0.25, 0.3) is 0 Å². The first-order valence-corrected chi connectivity index (χ1v) is 11.5. The third-order valence-electron chi connectivity index (χ3n) is 6.85. The van der Waals surface area contributed by atoms with Crippen molar-refractivity contribution < 1.29 is 12.8 Å². The number of nitrogens with two attached hydrogens (primary N) is 1. The molecule has 0 amide bonds. The van der Waals surface area contributed by atoms with E-state index in [-0.39, 0.29) is 11.4 Å². The number of rotatable bonds is 6. The summed E-state index contributed by atoms with van der Waals surface area (Å²) >= 11 is 0. The lowest BCUT2D eigenvalue weighted by Crippen LogP contribution is -2.72. The molecule has 2 atom stereocenters. The fourth-order valence-corrected chi connectivity index (χ4v) is 5.90. The van der Waals surface area contributed by atoms with Crippen LogP contribution in [0.4, 0.5) is 4.39 Å². The van der Waals surface area contributed by atoms with E-state index in [1.165, 1.54) is 22.7 Å². The van der Waals surface area contributed by atoms with E-state index >= 15 is 0 Å². The lowest BCUT2D eigenvalue weighted by atomic mass is 9.82. The SMILES string of the molecule is N#CCC1(N2CCC(C[C@@H]3CC3c3ccc(F)cc3)CC2)CN(S(N)(=O)=O)C1. The summed E-state index contributed by atoms with van der Waals surface area (Å²) in [7, 11) is -3.67. The molecular weight excluding hydrogens is 379 g/mol. The summed E-state index contributed by atoms with van der Waals surface area (Å²) in [6, 6.07) is 9.13. The van der Waals surface area contributed by atoms with Gasteiger partial charge in [-0.3, -0.25) is 4.90 Å². The number of hydrogen-bond donors (Lipinski definition) is 1. The number of likely N-dealkylation sites (tertiary alicyclic amines) is 1. The highest BCUT2D eigenvalue weighted by Crippen LogP contribution is 2.52. The Morgan fingerprint density at radius 2 is 1.86 bits per heavy atom. The normalized spacial score (nSPS) is 28.5. The van der Waals surface area contributed by atoms with Crippen molar-refractivity contribution in [3.63, 3.8) is 0 Å². The summed E-state index contributed by atoms with van der Waals surface area (Å²) in [6.45, 7) is 2.44. The number of piperidine rings is 1. The molecule has 6 nitrogen and oxygen atoms in total. The Kier molecular flexibility index (Phi) is 5.21. The van der Waals surface area contributed by atoms with E-state index in [1.807, 2.05) is 12.1 Å². The smallest absolute Gasteiger partial charge is 0.277 e. The molecule has 2 aliphatic heterocycles. The highest BCUT2D eigenvalue weighted by molar-refractivity contribution is 7.86. The van der Waals surface area contributed by atoms with Gasteiger partial charge in [-0.25, -0.2) is 9.53 Å². The largest absolute Gasteiger partial charge is 0.294 e. The predicted molar refractivity (Wildman–Crippen MR) is 104 cm³/mol. The summed E-state index contributed by atoms with van der Waals surface area (Å²) < 4.78 is 37.4. The Hall–Kier alpha value is -1.53. The lowest BCUT2D eigenvalue weighted by molar-refractivity contribution is -0.0302. The number of nitrogens with zero attached hydrogens (tertiary/aromatic N) is 3. The zero-order valence-electron chi connectivity index (χ0n) is 15.9. The van der Waals surface area contributed by atoms with Gasteiger partial charge in [-0.05, 0) is 74.2 Å². The molecule has 0 aromatic heterocycles. The van der Waals surface area contributed by atoms with Gasteiger partial charge in [0.25, 0.3) is 10.2 Å². The number of benzene rings is 1. The molecule has 8 heteroatoms. The van der Waals surface area contributed by atoms with Crippen LogP contribution in [0.15, 0.2) is 24.3 Å². The number of halogens is 1. The van der Waals surface area contributed by atoms with Gasteiger partial charge in [-0.1, -0.05) is 12.1 Å². The molecule has 1 aromatic carbocycles. The molecule has 1 aromatic rings. The Morgan fingerprint density at radius 1 is 1.21 bits per heavy atom. The molecule has 1 saturated carbocycles. The zero-order chi connectivity index (χ0) is 19.9. The fraction of sp³-hybridized carbons (Fsp3) is 0.650. The minimum absolute atomic E-state index is 0.184. The van der Waals surface area contributed by atoms with E-state index < -0.39 is 10.2 Å². The third kappa shape index (κ3) is 3.94. The first-order valence-electron chi connectivity index (χ1n) is 9.96. The fourth-order valence-electron chi connectivity index (χ4n) is 5.06. The highest BCUT2D eigenvalue weighted by atomic mass is 32.2. The standard InChI is InChI=1S/C20H27FN4O2S/c21-18-3-1-16(2-4-18)19-12-17(19)11-15-5-9-24(10-6-15)20(7-8-22)13-25(14-20)28(23,26)27/h1-4,15,17,19H,5-7,9-14H2,(H2,23,26,27)/t17-,19?/m1/s1. The molecular formula is C20H27FN4O2S. The van der Waals surface area contributed by atoms with Crippen LogP contribution in [-0.2, 0) is 10.2 Å². The van der Waals surface area contributed by atoms with Gasteiger partial charge in [0.15, 0.2) is 0 Å². The molecule has 1 aliphatic carbocycles. The van der Waals surface area contributed by atoms with Crippen LogP contribution in [0.5, 0.6) is 0 Å². The molecule has 0 radical (unpaired) electrons. The first-order chi connectivity index (χ1) is 13.3. The molecule has 2 heterocycles. The second-order valence-electron chi connectivity index (χ2n) is 8.69. The van der Waals surface area contributed by atoms with Crippen LogP contribution in [0, 0.1) is 29.0 Å². The molecule has 3 aliphatic rings. The van der Waals surface area contributed by atoms with Gasteiger partial charge < -0.3 is 0 Å². The van der Waals surface area contributed by atoms with E-state index in [2.05, 4.69) is 11.0 Å². The van der Waals surface area contributed by atoms with E-state index in [0.29, 0.717) is 37.3 Å². The van der Waals surface area contributed by atoms with Crippen molar-refractivity contribution >= 4 is 10.2 Å². The first kappa shape index (κ1) is 19.8. The van der Waals surface area contributed by atoms with Gasteiger partial charge in [0.1, 0.15) is 5.82 Å². The van der Waals surface area contributed by atoms with Crippen LogP contribution in [0.2, 0.25) is 0 Å². The quantitative estimate of drug-likeness (QED) is 0.784. The minimum Gasteiger partial charge on any atom is -0.294 e. The molecule has 2 saturated heterocycles. The maximum absolute atomic E-state index is 13.1. The Balaban J connectivity index is 1.28. The molecule has 152 valence electrons. The molecule has 1 unspecified atom stereocenters. The summed E-state index contributed by atoms with van der Waals surface area (Å²) in [4.78, 5) is 2.30. The average molecular weight is 407 g/mol. The van der Waals surface area contributed by atoms with Crippen LogP contribution in [0.1, 0.15) is 43.6 Å². The topological polar surface area (TPSA) is 90.4 Å². The van der Waals surface area contributed by atoms with Crippen LogP contribution in [0.3, 0.4) is 0 Å². The number of hydrogen-bond acceptors (Lipinski definition) is 4. The van der Waals surface area contributed by atoms with Gasteiger partial charge in [0, 0.05) is 13.1 Å². The van der Waals surface area contributed by atoms with Crippen molar-refractivity contribution in [3.05, 3.63) is 35.6 Å². The molecule has 2 N–H and O–H groups in total. The monoisotopic (exact) mass is 406 g/mol. The van der Waals surface area contributed by atoms with Crippen molar-refractivity contribution in [1.82, 2.24) is 9.21 Å². The second-order valence-corrected chi connectivity index (χ2v) is 10.2. The summed E-state index contributed by atoms with van der Waals surface area (Å²) in [5.41, 5.74) is 0.872. The van der Waals surface area contributed by atoms with Crippen molar-refractivity contribution in [3.8, 4) is 6.07 Å². The van der Waals surface area contributed by atoms with E-state index in [4.69, 9.17) is 5.14 Å². The summed E-state index contributed by atoms with van der Waals surface area (Å²) in [5, 5.41) is 14.4. The van der Waals surface area contributed by atoms with Crippen LogP contribution >= 0.6 is 0 Å². The maximum Gasteiger partial charge on any atom is 0.277 e. The van der Waals surface area contributed by atoms with Crippen molar-refractivity contribution in [2.24, 2.45) is 17.0 Å². The summed E-state index contributed by atoms with van der Waals surface area (Å²) in [5.74, 6) is 1.74. The number of nitriles is 1. The predicted octanol–water partition coefficient (Wildman–Crippen LogP) is 2.20. The maximum atomic E-state index is 13.1. The molecule has 0 spiro atoms. The van der Waals surface area contributed by atoms with Gasteiger partial charge in [0.2, 0.25) is 0 Å². The third-order valence-corrected chi connectivity index (χ3v) is 7.83. The minimum atomic E-state index is -3.67. The van der Waals surface area contributed by atoms with E-state index in [0.717, 1.165) is 25.9 Å². The van der Waals surface area contributed by atoms with Gasteiger partial charge in [0.05, 0.1) is 18.0 Å². The summed E-state index contributed by atoms with van der Waals surface area (Å²) in [6.07, 6.45) is 4.88. The molecule has 28 heavy (non-hydrogen) atoms. The van der Waals surface area contributed by atoms with Crippen LogP contribution < -0.4 is 5.14 Å². The van der Waals surface area contributed by atoms with Gasteiger partial charge in [-0.2, -0.15) is 18.0 Å². The van der Waals surface area contributed by atoms with E-state index in [1.54, 1.807) is 12.1 Å². The Labute approximate surface area is 166 Å². The van der Waals surface area contributed by atoms with Crippen molar-refractivity contribution in [2.75, 3.05) is 26.2 Å². The van der Waals surface area contributed by atoms with Gasteiger partial charge >= 0.3 is 0 Å². The molecule has 4 rings (SSSR count). The van der Waals surface area contributed by atoms with Crippen molar-refractivity contribution in [2.45, 2.75) is 43.6 Å². The van der Waals surface area contributed by atoms with Gasteiger partial charge in [-0.15, -0.1) is 0 Å². The van der Waals surface area contributed by atoms with Crippen molar-refractivity contribution in [1.29, 1.82) is 5.26 Å². The Morgan fingerprint density at radius 3 is 2.43 bits per heavy atom. The Bertz CT molecular complexity index is 853. The molecule has 0 bridgehead atoms. The molecule has 3 fully saturated rings. The highest BCUT2D eigenvalue weighted by Gasteiger charge is 2.51. The lowest BCUT2D eigenvalue weighted by Gasteiger charge is -2.55. The van der Waals surface area contributed by atoms with E-state index in [9.17, 15) is 18.1 Å². The average Bonchev–Trinajstić information content (AvgIpc) is 3.37. The van der Waals surface area contributed by atoms with Crippen LogP contribution in [-0.4, -0.2) is 49.3 Å². The second kappa shape index (κ2) is 7.38. The zero-order valence-corrected chi connectivity index (χ0v) is 16.7.